The summed E-state index contributed by atoms with van der Waals surface area (Å²) in [5.41, 5.74) is 3.46. The summed E-state index contributed by atoms with van der Waals surface area (Å²) in [6, 6.07) is 32.8. The number of carboxylic acid groups (broad SMARTS) is 2. The molecule has 57 heavy (non-hydrogen) atoms. The third-order valence-corrected chi connectivity index (χ3v) is 9.09. The van der Waals surface area contributed by atoms with Gasteiger partial charge in [0.05, 0.1) is 43.0 Å². The summed E-state index contributed by atoms with van der Waals surface area (Å²) < 4.78 is 62.8. The van der Waals surface area contributed by atoms with Crippen molar-refractivity contribution in [1.29, 1.82) is 0 Å². The number of nitrogens with zero attached hydrogens (tertiary/aromatic N) is 4. The van der Waals surface area contributed by atoms with Crippen molar-refractivity contribution in [2.45, 2.75) is 9.79 Å². The van der Waals surface area contributed by atoms with Crippen LogP contribution in [0.3, 0.4) is 0 Å². The first-order valence-electron chi connectivity index (χ1n) is 15.5. The minimum atomic E-state index is -4.57. The summed E-state index contributed by atoms with van der Waals surface area (Å²) in [4.78, 5) is 37.1. The minimum absolute atomic E-state index is 0. The molecule has 0 unspecified atom stereocenters. The predicted molar refractivity (Wildman–Crippen MR) is 204 cm³/mol. The molecule has 0 aliphatic rings. The molecule has 0 aliphatic heterocycles. The quantitative estimate of drug-likeness (QED) is 0.181. The first-order valence-corrected chi connectivity index (χ1v) is 18.3. The maximum absolute atomic E-state index is 10.5. The monoisotopic (exact) mass is 993 g/mol. The summed E-state index contributed by atoms with van der Waals surface area (Å²) in [7, 11) is -9.14. The van der Waals surface area contributed by atoms with Crippen LogP contribution >= 0.6 is 0 Å². The van der Waals surface area contributed by atoms with Crippen LogP contribution in [0.2, 0.25) is 0 Å². The molecule has 19 heteroatoms. The molecule has 0 aliphatic carbocycles. The van der Waals surface area contributed by atoms with E-state index in [4.69, 9.17) is 10.2 Å². The molecular weight excluding hydrogens is 964 g/mol. The number of carbonyl (C=O) groups is 2. The number of fused-ring (bicyclic) bond motifs is 6. The van der Waals surface area contributed by atoms with Crippen LogP contribution in [0, 0.1) is 0 Å². The van der Waals surface area contributed by atoms with Gasteiger partial charge in [-0.25, -0.2) is 26.4 Å². The Balaban J connectivity index is 0.000000258. The molecule has 296 valence electrons. The number of pyridine rings is 4. The molecule has 0 saturated heterocycles. The summed E-state index contributed by atoms with van der Waals surface area (Å²) >= 11 is 0. The van der Waals surface area contributed by atoms with Crippen molar-refractivity contribution in [3.8, 4) is 0 Å². The third kappa shape index (κ3) is 12.4. The SMILES string of the molecule is O.O.O=C(O)c1cccc(S(=O)(=O)[O-])c1.O=C(O)c1cccc(S(=O)(=O)[O-])c1.[Pt+2].c1cnc2c(c1)ccc1cccnc12.c1cnc2c(c1)ccc1cccnc12. The van der Waals surface area contributed by atoms with E-state index in [1.54, 1.807) is 24.8 Å². The van der Waals surface area contributed by atoms with E-state index in [0.29, 0.717) is 0 Å². The van der Waals surface area contributed by atoms with Gasteiger partial charge in [-0.05, 0) is 60.7 Å². The topological polar surface area (TPSA) is 304 Å². The second-order valence-corrected chi connectivity index (χ2v) is 13.8. The van der Waals surface area contributed by atoms with Crippen LogP contribution in [-0.4, -0.2) is 79.0 Å². The van der Waals surface area contributed by atoms with Crippen molar-refractivity contribution in [3.05, 3.63) is 157 Å². The van der Waals surface area contributed by atoms with E-state index in [1.807, 2.05) is 24.3 Å². The van der Waals surface area contributed by atoms with E-state index < -0.39 is 42.0 Å². The predicted octanol–water partition coefficient (Wildman–Crippen LogP) is 4.49. The van der Waals surface area contributed by atoms with Crippen molar-refractivity contribution in [2.75, 3.05) is 0 Å². The Kier molecular flexibility index (Phi) is 17.1. The Morgan fingerprint density at radius 2 is 0.702 bits per heavy atom. The number of rotatable bonds is 4. The fraction of sp³-hybridized carbons (Fsp3) is 0. The van der Waals surface area contributed by atoms with Gasteiger partial charge in [-0.15, -0.1) is 0 Å². The molecule has 8 aromatic rings. The molecule has 0 amide bonds. The average molecular weight is 994 g/mol. The van der Waals surface area contributed by atoms with Gasteiger partial charge in [0.2, 0.25) is 0 Å². The first kappa shape index (κ1) is 47.0. The molecule has 0 bridgehead atoms. The van der Waals surface area contributed by atoms with Gasteiger partial charge in [0, 0.05) is 46.3 Å². The van der Waals surface area contributed by atoms with E-state index in [-0.39, 0.29) is 43.1 Å². The van der Waals surface area contributed by atoms with Crippen molar-refractivity contribution in [2.24, 2.45) is 0 Å². The molecule has 0 atom stereocenters. The molecule has 4 aromatic heterocycles. The zero-order valence-electron chi connectivity index (χ0n) is 28.9. The zero-order chi connectivity index (χ0) is 38.9. The molecule has 6 N–H and O–H groups in total. The minimum Gasteiger partial charge on any atom is -0.744 e. The summed E-state index contributed by atoms with van der Waals surface area (Å²) in [6.45, 7) is 0. The Morgan fingerprint density at radius 3 is 0.930 bits per heavy atom. The maximum atomic E-state index is 10.5. The molecule has 4 heterocycles. The molecule has 16 nitrogen and oxygen atoms in total. The molecule has 0 fully saturated rings. The summed E-state index contributed by atoms with van der Waals surface area (Å²) in [5, 5.41) is 21.5. The van der Waals surface area contributed by atoms with Crippen molar-refractivity contribution in [3.63, 3.8) is 0 Å². The number of aromatic carboxylic acids is 2. The molecule has 4 aromatic carbocycles. The first-order chi connectivity index (χ1) is 25.7. The van der Waals surface area contributed by atoms with Crippen LogP contribution in [-0.2, 0) is 41.3 Å². The second kappa shape index (κ2) is 20.7. The van der Waals surface area contributed by atoms with E-state index in [9.17, 15) is 35.5 Å². The van der Waals surface area contributed by atoms with E-state index >= 15 is 0 Å². The van der Waals surface area contributed by atoms with Gasteiger partial charge in [-0.2, -0.15) is 0 Å². The van der Waals surface area contributed by atoms with Crippen molar-refractivity contribution < 1.29 is 77.8 Å². The Labute approximate surface area is 338 Å². The molecule has 0 spiro atoms. The van der Waals surface area contributed by atoms with Gasteiger partial charge in [-0.3, -0.25) is 19.9 Å². The average Bonchev–Trinajstić information content (AvgIpc) is 3.18. The Hall–Kier alpha value is -6.11. The van der Waals surface area contributed by atoms with E-state index in [0.717, 1.165) is 67.9 Å². The van der Waals surface area contributed by atoms with Crippen LogP contribution in [0.25, 0.3) is 43.6 Å². The van der Waals surface area contributed by atoms with Crippen LogP contribution in [0.4, 0.5) is 0 Å². The number of benzene rings is 4. The van der Waals surface area contributed by atoms with E-state index in [1.165, 1.54) is 24.3 Å². The molecular formula is C38H30N4O12PtS2. The standard InChI is InChI=1S/2C12H8N2.2C7H6O5S.2H2O.Pt/c2*1-3-9-5-6-10-4-2-8-14-12(10)11(9)13-7-1;2*8-7(9)5-2-1-3-6(4-5)13(10,11)12;;;/h2*1-8H;2*1-4H,(H,8,9)(H,10,11,12);2*1H2;/q;;;;;;+2/p-2. The third-order valence-electron chi connectivity index (χ3n) is 7.43. The Bertz CT molecular complexity index is 2580. The summed E-state index contributed by atoms with van der Waals surface area (Å²) in [5.74, 6) is -2.55. The van der Waals surface area contributed by atoms with Gasteiger partial charge in [0.1, 0.15) is 20.2 Å². The van der Waals surface area contributed by atoms with Crippen LogP contribution in [0.15, 0.2) is 156 Å². The van der Waals surface area contributed by atoms with Crippen molar-refractivity contribution >= 4 is 75.8 Å². The normalized spacial score (nSPS) is 10.4. The smallest absolute Gasteiger partial charge is 0.744 e. The van der Waals surface area contributed by atoms with Crippen LogP contribution < -0.4 is 0 Å². The summed E-state index contributed by atoms with van der Waals surface area (Å²) in [6.07, 6.45) is 7.21. The van der Waals surface area contributed by atoms with Gasteiger partial charge >= 0.3 is 33.0 Å². The van der Waals surface area contributed by atoms with Gasteiger partial charge in [0.15, 0.2) is 0 Å². The van der Waals surface area contributed by atoms with E-state index in [2.05, 4.69) is 68.5 Å². The number of aromatic nitrogens is 4. The fourth-order valence-corrected chi connectivity index (χ4v) is 5.96. The Morgan fingerprint density at radius 1 is 0.439 bits per heavy atom. The zero-order valence-corrected chi connectivity index (χ0v) is 32.8. The molecule has 8 rings (SSSR count). The number of hydrogen-bond donors (Lipinski definition) is 2. The van der Waals surface area contributed by atoms with Crippen LogP contribution in [0.1, 0.15) is 20.7 Å². The van der Waals surface area contributed by atoms with Gasteiger partial charge < -0.3 is 30.3 Å². The van der Waals surface area contributed by atoms with Crippen LogP contribution in [0.5, 0.6) is 0 Å². The molecule has 0 saturated carbocycles. The second-order valence-electron chi connectivity index (χ2n) is 11.0. The van der Waals surface area contributed by atoms with Gasteiger partial charge in [0.25, 0.3) is 0 Å². The molecule has 0 radical (unpaired) electrons. The fourth-order valence-electron chi connectivity index (χ4n) is 4.93. The maximum Gasteiger partial charge on any atom is 2.00 e. The number of carboxylic acids is 2. The largest absolute Gasteiger partial charge is 2.00 e. The van der Waals surface area contributed by atoms with Gasteiger partial charge in [-0.1, -0.05) is 60.7 Å². The van der Waals surface area contributed by atoms with Crippen molar-refractivity contribution in [1.82, 2.24) is 19.9 Å². The number of hydrogen-bond acceptors (Lipinski definition) is 12.